The number of imidazole rings is 1. The lowest BCUT2D eigenvalue weighted by molar-refractivity contribution is 0.101. The van der Waals surface area contributed by atoms with Gasteiger partial charge in [0.25, 0.3) is 0 Å². The molecule has 0 bridgehead atoms. The second-order valence-electron chi connectivity index (χ2n) is 4.29. The summed E-state index contributed by atoms with van der Waals surface area (Å²) in [5.74, 6) is 6.84. The Kier molecular flexibility index (Phi) is 4.62. The number of nitrogens with zero attached hydrogens (tertiary/aromatic N) is 2. The van der Waals surface area contributed by atoms with Crippen molar-refractivity contribution in [2.45, 2.75) is 13.8 Å². The molecule has 5 heteroatoms. The number of carbonyl (C=O) groups excluding carboxylic acids is 1. The Balaban J connectivity index is 2.23. The van der Waals surface area contributed by atoms with Crippen LogP contribution in [-0.4, -0.2) is 22.3 Å². The van der Waals surface area contributed by atoms with Gasteiger partial charge in [-0.3, -0.25) is 4.57 Å². The molecule has 0 aliphatic rings. The van der Waals surface area contributed by atoms with E-state index in [0.29, 0.717) is 17.4 Å². The number of ether oxygens (including phenoxy) is 2. The van der Waals surface area contributed by atoms with Crippen molar-refractivity contribution in [3.63, 3.8) is 0 Å². The molecule has 0 fully saturated rings. The molecule has 21 heavy (non-hydrogen) atoms. The molecule has 1 aromatic carbocycles. The second-order valence-corrected chi connectivity index (χ2v) is 4.29. The molecule has 0 aliphatic carbocycles. The van der Waals surface area contributed by atoms with Gasteiger partial charge in [-0.25, -0.2) is 9.78 Å². The van der Waals surface area contributed by atoms with Crippen LogP contribution in [0.4, 0.5) is 4.79 Å². The highest BCUT2D eigenvalue weighted by atomic mass is 16.7. The summed E-state index contributed by atoms with van der Waals surface area (Å²) in [7, 11) is 1.74. The van der Waals surface area contributed by atoms with Gasteiger partial charge in [-0.15, -0.1) is 0 Å². The maximum atomic E-state index is 11.4. The molecule has 0 unspecified atom stereocenters. The number of aryl methyl sites for hydroxylation is 1. The van der Waals surface area contributed by atoms with Crippen LogP contribution in [0.2, 0.25) is 0 Å². The minimum atomic E-state index is -0.744. The summed E-state index contributed by atoms with van der Waals surface area (Å²) in [6.45, 7) is 3.73. The third kappa shape index (κ3) is 3.63. The summed E-state index contributed by atoms with van der Waals surface area (Å²) < 4.78 is 11.5. The van der Waals surface area contributed by atoms with E-state index in [-0.39, 0.29) is 6.61 Å². The molecule has 0 radical (unpaired) electrons. The molecule has 2 rings (SSSR count). The van der Waals surface area contributed by atoms with Crippen molar-refractivity contribution in [2.75, 3.05) is 6.61 Å². The fourth-order valence-corrected chi connectivity index (χ4v) is 1.75. The lowest BCUT2D eigenvalue weighted by Crippen LogP contribution is -2.13. The summed E-state index contributed by atoms with van der Waals surface area (Å²) in [4.78, 5) is 15.7. The first-order valence-corrected chi connectivity index (χ1v) is 6.56. The van der Waals surface area contributed by atoms with Crippen LogP contribution in [0.15, 0.2) is 30.3 Å². The molecule has 5 nitrogen and oxygen atoms in total. The lowest BCUT2D eigenvalue weighted by Gasteiger charge is -2.05. The lowest BCUT2D eigenvalue weighted by atomic mass is 10.2. The average molecular weight is 284 g/mol. The first kappa shape index (κ1) is 14.7. The normalized spacial score (nSPS) is 9.67. The van der Waals surface area contributed by atoms with Crippen LogP contribution < -0.4 is 4.74 Å². The van der Waals surface area contributed by atoms with Gasteiger partial charge >= 0.3 is 6.16 Å². The van der Waals surface area contributed by atoms with Crippen LogP contribution in [-0.2, 0) is 11.8 Å². The van der Waals surface area contributed by atoms with Crippen molar-refractivity contribution in [3.8, 4) is 17.7 Å². The van der Waals surface area contributed by atoms with Crippen molar-refractivity contribution >= 4 is 6.16 Å². The van der Waals surface area contributed by atoms with Gasteiger partial charge in [0.05, 0.1) is 6.61 Å². The summed E-state index contributed by atoms with van der Waals surface area (Å²) >= 11 is 0. The van der Waals surface area contributed by atoms with E-state index in [1.165, 1.54) is 0 Å². The number of aromatic nitrogens is 2. The van der Waals surface area contributed by atoms with Crippen molar-refractivity contribution in [1.82, 2.24) is 9.55 Å². The van der Waals surface area contributed by atoms with Crippen LogP contribution in [0.3, 0.4) is 0 Å². The Morgan fingerprint density at radius 3 is 2.67 bits per heavy atom. The molecule has 0 saturated heterocycles. The highest BCUT2D eigenvalue weighted by molar-refractivity contribution is 5.63. The number of carbonyl (C=O) groups is 1. The van der Waals surface area contributed by atoms with Gasteiger partial charge in [0.1, 0.15) is 5.69 Å². The fourth-order valence-electron chi connectivity index (χ4n) is 1.75. The fraction of sp³-hybridized carbons (Fsp3) is 0.250. The zero-order valence-corrected chi connectivity index (χ0v) is 12.2. The van der Waals surface area contributed by atoms with Crippen molar-refractivity contribution in [1.29, 1.82) is 0 Å². The molecule has 0 saturated carbocycles. The van der Waals surface area contributed by atoms with E-state index in [0.717, 1.165) is 5.56 Å². The van der Waals surface area contributed by atoms with Gasteiger partial charge < -0.3 is 9.47 Å². The Bertz CT molecular complexity index is 694. The Morgan fingerprint density at radius 2 is 2.00 bits per heavy atom. The average Bonchev–Trinajstić information content (AvgIpc) is 2.74. The highest BCUT2D eigenvalue weighted by Gasteiger charge is 2.15. The minimum absolute atomic E-state index is 0.260. The summed E-state index contributed by atoms with van der Waals surface area (Å²) in [6.07, 6.45) is -0.744. The molecule has 1 heterocycles. The molecule has 0 N–H and O–H groups in total. The smallest absolute Gasteiger partial charge is 0.434 e. The number of hydrogen-bond acceptors (Lipinski definition) is 4. The van der Waals surface area contributed by atoms with E-state index in [4.69, 9.17) is 9.47 Å². The van der Waals surface area contributed by atoms with Gasteiger partial charge in [-0.1, -0.05) is 24.1 Å². The van der Waals surface area contributed by atoms with E-state index >= 15 is 0 Å². The van der Waals surface area contributed by atoms with Gasteiger partial charge in [0.15, 0.2) is 5.82 Å². The molecule has 0 spiro atoms. The Hall–Kier alpha value is -2.74. The largest absolute Gasteiger partial charge is 0.515 e. The number of rotatable bonds is 2. The molecule has 108 valence electrons. The maximum absolute atomic E-state index is 11.4. The first-order chi connectivity index (χ1) is 10.1. The zero-order valence-electron chi connectivity index (χ0n) is 12.2. The molecule has 1 aromatic heterocycles. The van der Waals surface area contributed by atoms with Crippen LogP contribution in [0.5, 0.6) is 5.88 Å². The van der Waals surface area contributed by atoms with E-state index in [2.05, 4.69) is 16.8 Å². The van der Waals surface area contributed by atoms with E-state index in [9.17, 15) is 4.79 Å². The second kappa shape index (κ2) is 6.62. The van der Waals surface area contributed by atoms with Gasteiger partial charge in [-0.2, -0.15) is 0 Å². The van der Waals surface area contributed by atoms with Crippen LogP contribution in [0, 0.1) is 18.8 Å². The van der Waals surface area contributed by atoms with Gasteiger partial charge in [0.2, 0.25) is 5.88 Å². The van der Waals surface area contributed by atoms with Crippen LogP contribution in [0.1, 0.15) is 24.0 Å². The Labute approximate surface area is 123 Å². The van der Waals surface area contributed by atoms with Crippen molar-refractivity contribution < 1.29 is 14.3 Å². The third-order valence-electron chi connectivity index (χ3n) is 2.74. The van der Waals surface area contributed by atoms with Crippen molar-refractivity contribution in [2.24, 2.45) is 7.05 Å². The van der Waals surface area contributed by atoms with Gasteiger partial charge in [0, 0.05) is 12.6 Å². The van der Waals surface area contributed by atoms with Crippen molar-refractivity contribution in [3.05, 3.63) is 47.4 Å². The van der Waals surface area contributed by atoms with E-state index < -0.39 is 6.16 Å². The molecule has 2 aromatic rings. The number of benzene rings is 1. The number of hydrogen-bond donors (Lipinski definition) is 0. The third-order valence-corrected chi connectivity index (χ3v) is 2.74. The topological polar surface area (TPSA) is 53.4 Å². The maximum Gasteiger partial charge on any atom is 0.515 e. The predicted octanol–water partition coefficient (Wildman–Crippen LogP) is 2.66. The summed E-state index contributed by atoms with van der Waals surface area (Å²) in [5.41, 5.74) is 1.48. The summed E-state index contributed by atoms with van der Waals surface area (Å²) in [6, 6.07) is 9.60. The van der Waals surface area contributed by atoms with Crippen LogP contribution in [0.25, 0.3) is 0 Å². The molecule has 0 aliphatic heterocycles. The quantitative estimate of drug-likeness (QED) is 0.628. The predicted molar refractivity (Wildman–Crippen MR) is 78.0 cm³/mol. The Morgan fingerprint density at radius 1 is 1.29 bits per heavy atom. The minimum Gasteiger partial charge on any atom is -0.434 e. The van der Waals surface area contributed by atoms with Gasteiger partial charge in [-0.05, 0) is 31.9 Å². The summed E-state index contributed by atoms with van der Waals surface area (Å²) in [5, 5.41) is 0. The monoisotopic (exact) mass is 284 g/mol. The molecular weight excluding hydrogens is 268 g/mol. The van der Waals surface area contributed by atoms with E-state index in [1.807, 2.05) is 30.3 Å². The highest BCUT2D eigenvalue weighted by Crippen LogP contribution is 2.18. The zero-order chi connectivity index (χ0) is 15.2. The molecule has 0 amide bonds. The standard InChI is InChI=1S/C16H16N2O3/c1-4-20-16(19)21-15-12(2)17-14(18(15)3)11-10-13-8-6-5-7-9-13/h5-9H,4H2,1-3H3. The first-order valence-electron chi connectivity index (χ1n) is 6.56. The van der Waals surface area contributed by atoms with Crippen LogP contribution >= 0.6 is 0 Å². The van der Waals surface area contributed by atoms with E-state index in [1.54, 1.807) is 25.5 Å². The molecule has 0 atom stereocenters. The molecular formula is C16H16N2O3. The SMILES string of the molecule is CCOC(=O)Oc1c(C)nc(C#Cc2ccccc2)n1C.